The Morgan fingerprint density at radius 1 is 0.533 bits per heavy atom. The summed E-state index contributed by atoms with van der Waals surface area (Å²) >= 11 is 0. The summed E-state index contributed by atoms with van der Waals surface area (Å²) in [5.41, 5.74) is 12.8. The van der Waals surface area contributed by atoms with Crippen molar-refractivity contribution >= 4 is 49.8 Å². The lowest BCUT2D eigenvalue weighted by atomic mass is 9.82. The first kappa shape index (κ1) is 25.9. The second kappa shape index (κ2) is 9.70. The van der Waals surface area contributed by atoms with Gasteiger partial charge in [-0.1, -0.05) is 129 Å². The highest BCUT2D eigenvalue weighted by molar-refractivity contribution is 6.20. The quantitative estimate of drug-likeness (QED) is 0.207. The van der Waals surface area contributed by atoms with Gasteiger partial charge in [0.2, 0.25) is 0 Å². The zero-order chi connectivity index (χ0) is 30.1. The van der Waals surface area contributed by atoms with Crippen molar-refractivity contribution in [3.05, 3.63) is 163 Å². The van der Waals surface area contributed by atoms with E-state index in [0.29, 0.717) is 0 Å². The van der Waals surface area contributed by atoms with Gasteiger partial charge in [-0.05, 0) is 69.6 Å². The fourth-order valence-electron chi connectivity index (χ4n) is 7.51. The predicted octanol–water partition coefficient (Wildman–Crippen LogP) is 12.2. The Hall–Kier alpha value is -5.60. The predicted molar refractivity (Wildman–Crippen MR) is 189 cm³/mol. The van der Waals surface area contributed by atoms with E-state index in [1.165, 1.54) is 44.5 Å². The van der Waals surface area contributed by atoms with Gasteiger partial charge in [-0.2, -0.15) is 0 Å². The number of rotatable bonds is 4. The van der Waals surface area contributed by atoms with Crippen LogP contribution in [0.1, 0.15) is 25.0 Å². The van der Waals surface area contributed by atoms with Gasteiger partial charge in [0.15, 0.2) is 0 Å². The molecule has 45 heavy (non-hydrogen) atoms. The molecule has 9 rings (SSSR count). The first-order chi connectivity index (χ1) is 22.1. The highest BCUT2D eigenvalue weighted by atomic mass is 16.3. The molecule has 0 radical (unpaired) electrons. The molecule has 0 fully saturated rings. The molecule has 214 valence electrons. The van der Waals surface area contributed by atoms with Crippen LogP contribution in [0.2, 0.25) is 0 Å². The summed E-state index contributed by atoms with van der Waals surface area (Å²) in [6.45, 7) is 4.69. The molecule has 0 amide bonds. The van der Waals surface area contributed by atoms with E-state index in [1.54, 1.807) is 0 Å². The molecule has 2 nitrogen and oxygen atoms in total. The van der Waals surface area contributed by atoms with Gasteiger partial charge in [0.05, 0.1) is 16.8 Å². The number of fused-ring (bicyclic) bond motifs is 8. The topological polar surface area (TPSA) is 16.4 Å². The summed E-state index contributed by atoms with van der Waals surface area (Å²) in [6.07, 6.45) is 0. The summed E-state index contributed by atoms with van der Waals surface area (Å²) < 4.78 is 6.68. The van der Waals surface area contributed by atoms with Crippen LogP contribution in [0.15, 0.2) is 156 Å². The number of benzene rings is 7. The van der Waals surface area contributed by atoms with Gasteiger partial charge in [0.25, 0.3) is 0 Å². The van der Waals surface area contributed by atoms with Crippen molar-refractivity contribution in [3.8, 4) is 22.3 Å². The fraction of sp³-hybridized carbons (Fsp3) is 0.0698. The lowest BCUT2D eigenvalue weighted by Gasteiger charge is -2.29. The molecule has 0 aliphatic heterocycles. The largest absolute Gasteiger partial charge is 0.455 e. The second-order valence-electron chi connectivity index (χ2n) is 12.5. The minimum absolute atomic E-state index is 0.104. The van der Waals surface area contributed by atoms with E-state index >= 15 is 0 Å². The molecule has 0 bridgehead atoms. The summed E-state index contributed by atoms with van der Waals surface area (Å²) in [6, 6.07) is 54.6. The molecule has 7 aromatic carbocycles. The van der Waals surface area contributed by atoms with Crippen molar-refractivity contribution in [2.45, 2.75) is 19.3 Å². The SMILES string of the molecule is CC1(C)c2ccccc2-c2c(N(c3cccc(-c4ccccc4)c3)c3cccc4oc5c6ccccc6ccc5c34)cccc21. The monoisotopic (exact) mass is 577 g/mol. The van der Waals surface area contributed by atoms with Crippen molar-refractivity contribution in [3.63, 3.8) is 0 Å². The first-order valence-electron chi connectivity index (χ1n) is 15.6. The van der Waals surface area contributed by atoms with Gasteiger partial charge in [-0.3, -0.25) is 0 Å². The first-order valence-corrected chi connectivity index (χ1v) is 15.6. The second-order valence-corrected chi connectivity index (χ2v) is 12.5. The maximum Gasteiger partial charge on any atom is 0.143 e. The highest BCUT2D eigenvalue weighted by Crippen LogP contribution is 2.55. The molecule has 0 unspecified atom stereocenters. The Labute approximate surface area is 262 Å². The minimum Gasteiger partial charge on any atom is -0.455 e. The molecule has 1 aromatic heterocycles. The average molecular weight is 578 g/mol. The molecule has 0 atom stereocenters. The van der Waals surface area contributed by atoms with Gasteiger partial charge in [-0.25, -0.2) is 0 Å². The Balaban J connectivity index is 1.38. The molecular formula is C43H31NO. The number of nitrogens with zero attached hydrogens (tertiary/aromatic N) is 1. The summed E-state index contributed by atoms with van der Waals surface area (Å²) in [4.78, 5) is 2.45. The van der Waals surface area contributed by atoms with Crippen molar-refractivity contribution in [2.75, 3.05) is 4.90 Å². The third-order valence-electron chi connectivity index (χ3n) is 9.64. The van der Waals surface area contributed by atoms with Crippen molar-refractivity contribution in [1.82, 2.24) is 0 Å². The minimum atomic E-state index is -0.104. The molecule has 0 saturated heterocycles. The van der Waals surface area contributed by atoms with Gasteiger partial charge in [0.1, 0.15) is 11.2 Å². The maximum absolute atomic E-state index is 6.68. The van der Waals surface area contributed by atoms with Crippen LogP contribution in [0, 0.1) is 0 Å². The molecule has 1 heterocycles. The van der Waals surface area contributed by atoms with Crippen LogP contribution in [0.4, 0.5) is 17.1 Å². The zero-order valence-corrected chi connectivity index (χ0v) is 25.3. The van der Waals surface area contributed by atoms with Gasteiger partial charge in [-0.15, -0.1) is 0 Å². The summed E-state index contributed by atoms with van der Waals surface area (Å²) in [5, 5.41) is 4.55. The molecular weight excluding hydrogens is 546 g/mol. The van der Waals surface area contributed by atoms with Crippen LogP contribution in [-0.4, -0.2) is 0 Å². The molecule has 0 N–H and O–H groups in total. The summed E-state index contributed by atoms with van der Waals surface area (Å²) in [7, 11) is 0. The molecule has 8 aromatic rings. The van der Waals surface area contributed by atoms with E-state index in [-0.39, 0.29) is 5.41 Å². The molecule has 2 heteroatoms. The standard InChI is InChI=1S/C43H31NO/c1-43(2)35-20-9-8-19-33(35)40-36(43)21-11-22-37(40)44(31-17-10-16-30(27-31)28-13-4-3-5-14-28)38-23-12-24-39-41(38)34-26-25-29-15-6-7-18-32(29)42(34)45-39/h3-27H,1-2H3. The van der Waals surface area contributed by atoms with Crippen molar-refractivity contribution in [1.29, 1.82) is 0 Å². The van der Waals surface area contributed by atoms with Crippen LogP contribution in [-0.2, 0) is 5.41 Å². The van der Waals surface area contributed by atoms with E-state index < -0.39 is 0 Å². The van der Waals surface area contributed by atoms with Crippen molar-refractivity contribution in [2.24, 2.45) is 0 Å². The molecule has 0 saturated carbocycles. The lowest BCUT2D eigenvalue weighted by Crippen LogP contribution is -2.16. The van der Waals surface area contributed by atoms with Gasteiger partial charge < -0.3 is 9.32 Å². The Bertz CT molecular complexity index is 2410. The third kappa shape index (κ3) is 3.82. The van der Waals surface area contributed by atoms with Gasteiger partial charge in [0, 0.05) is 27.4 Å². The average Bonchev–Trinajstić information content (AvgIpc) is 3.59. The normalized spacial score (nSPS) is 13.3. The summed E-state index contributed by atoms with van der Waals surface area (Å²) in [5.74, 6) is 0. The van der Waals surface area contributed by atoms with Crippen LogP contribution < -0.4 is 4.90 Å². The highest BCUT2D eigenvalue weighted by Gasteiger charge is 2.38. The number of hydrogen-bond acceptors (Lipinski definition) is 2. The molecule has 0 spiro atoms. The van der Waals surface area contributed by atoms with E-state index in [4.69, 9.17) is 4.42 Å². The number of hydrogen-bond donors (Lipinski definition) is 0. The number of anilines is 3. The number of furan rings is 1. The Morgan fingerprint density at radius 2 is 1.24 bits per heavy atom. The van der Waals surface area contributed by atoms with E-state index in [1.807, 2.05) is 0 Å². The van der Waals surface area contributed by atoms with E-state index in [2.05, 4.69) is 170 Å². The third-order valence-corrected chi connectivity index (χ3v) is 9.64. The van der Waals surface area contributed by atoms with Crippen LogP contribution in [0.5, 0.6) is 0 Å². The van der Waals surface area contributed by atoms with Crippen LogP contribution in [0.25, 0.3) is 55.0 Å². The Kier molecular flexibility index (Phi) is 5.58. The van der Waals surface area contributed by atoms with Crippen LogP contribution >= 0.6 is 0 Å². The fourth-order valence-corrected chi connectivity index (χ4v) is 7.51. The van der Waals surface area contributed by atoms with Crippen molar-refractivity contribution < 1.29 is 4.42 Å². The lowest BCUT2D eigenvalue weighted by molar-refractivity contribution is 0.660. The van der Waals surface area contributed by atoms with E-state index in [0.717, 1.165) is 38.7 Å². The smallest absolute Gasteiger partial charge is 0.143 e. The zero-order valence-electron chi connectivity index (χ0n) is 25.3. The van der Waals surface area contributed by atoms with E-state index in [9.17, 15) is 0 Å². The molecule has 1 aliphatic carbocycles. The van der Waals surface area contributed by atoms with Gasteiger partial charge >= 0.3 is 0 Å². The molecule has 1 aliphatic rings. The maximum atomic E-state index is 6.68. The Morgan fingerprint density at radius 3 is 2.16 bits per heavy atom. The van der Waals surface area contributed by atoms with Crippen LogP contribution in [0.3, 0.4) is 0 Å².